The van der Waals surface area contributed by atoms with Crippen LogP contribution in [0, 0.1) is 0 Å². The molecule has 0 saturated heterocycles. The van der Waals surface area contributed by atoms with E-state index < -0.39 is 6.04 Å². The highest BCUT2D eigenvalue weighted by Gasteiger charge is 2.11. The number of hydrogen-bond donors (Lipinski definition) is 4. The number of hydrogen-bond acceptors (Lipinski definition) is 5. The number of nitrogens with one attached hydrogen (secondary N) is 2. The van der Waals surface area contributed by atoms with Crippen LogP contribution >= 0.6 is 0 Å². The first-order valence-corrected chi connectivity index (χ1v) is 7.56. The molecule has 0 saturated carbocycles. The lowest BCUT2D eigenvalue weighted by Crippen LogP contribution is -2.41. The second-order valence-electron chi connectivity index (χ2n) is 5.04. The molecule has 6 nitrogen and oxygen atoms in total. The van der Waals surface area contributed by atoms with Crippen molar-refractivity contribution in [3.63, 3.8) is 0 Å². The van der Waals surface area contributed by atoms with Gasteiger partial charge in [0.2, 0.25) is 5.91 Å². The van der Waals surface area contributed by atoms with Gasteiger partial charge in [-0.3, -0.25) is 4.79 Å². The van der Waals surface area contributed by atoms with Crippen LogP contribution in [0.2, 0.25) is 0 Å². The van der Waals surface area contributed by atoms with Crippen molar-refractivity contribution in [3.05, 3.63) is 0 Å². The van der Waals surface area contributed by atoms with Crippen molar-refractivity contribution in [2.24, 2.45) is 11.5 Å². The van der Waals surface area contributed by atoms with Gasteiger partial charge in [0, 0.05) is 6.54 Å². The number of carbonyl (C=O) groups is 2. The van der Waals surface area contributed by atoms with E-state index in [-0.39, 0.29) is 11.9 Å². The second-order valence-corrected chi connectivity index (χ2v) is 5.04. The molecular weight excluding hydrogens is 256 g/mol. The summed E-state index contributed by atoms with van der Waals surface area (Å²) in [5.74, 6) is -0.0897. The van der Waals surface area contributed by atoms with Crippen LogP contribution < -0.4 is 22.1 Å². The average molecular weight is 286 g/mol. The number of unbranched alkanes of at least 4 members (excludes halogenated alkanes) is 2. The van der Waals surface area contributed by atoms with Gasteiger partial charge >= 0.3 is 0 Å². The molecule has 20 heavy (non-hydrogen) atoms. The summed E-state index contributed by atoms with van der Waals surface area (Å²) in [6.45, 7) is 4.61. The quantitative estimate of drug-likeness (QED) is 0.279. The molecule has 0 radical (unpaired) electrons. The topological polar surface area (TPSA) is 110 Å². The summed E-state index contributed by atoms with van der Waals surface area (Å²) in [7, 11) is 0. The summed E-state index contributed by atoms with van der Waals surface area (Å²) in [6, 6.07) is -0.807. The van der Waals surface area contributed by atoms with E-state index in [0.29, 0.717) is 19.4 Å². The Hall–Kier alpha value is -0.980. The molecular formula is C14H30N4O2. The van der Waals surface area contributed by atoms with Gasteiger partial charge in [-0.15, -0.1) is 0 Å². The summed E-state index contributed by atoms with van der Waals surface area (Å²) in [4.78, 5) is 22.0. The van der Waals surface area contributed by atoms with Crippen molar-refractivity contribution in [2.45, 2.75) is 57.5 Å². The lowest BCUT2D eigenvalue weighted by atomic mass is 10.1. The monoisotopic (exact) mass is 286 g/mol. The molecule has 118 valence electrons. The Balaban J connectivity index is 3.48. The van der Waals surface area contributed by atoms with Gasteiger partial charge in [-0.25, -0.2) is 0 Å². The molecule has 0 aromatic rings. The van der Waals surface area contributed by atoms with E-state index in [0.717, 1.165) is 45.1 Å². The highest BCUT2D eigenvalue weighted by atomic mass is 16.2. The minimum atomic E-state index is -0.422. The van der Waals surface area contributed by atoms with Gasteiger partial charge in [0.05, 0.1) is 12.1 Å². The van der Waals surface area contributed by atoms with Crippen LogP contribution in [0.4, 0.5) is 0 Å². The third-order valence-electron chi connectivity index (χ3n) is 3.14. The van der Waals surface area contributed by atoms with Gasteiger partial charge in [0.1, 0.15) is 6.29 Å². The van der Waals surface area contributed by atoms with Crippen molar-refractivity contribution >= 4 is 12.2 Å². The Morgan fingerprint density at radius 3 is 2.40 bits per heavy atom. The molecule has 0 fully saturated rings. The first-order chi connectivity index (χ1) is 9.61. The maximum atomic E-state index is 11.7. The highest BCUT2D eigenvalue weighted by molar-refractivity contribution is 5.81. The van der Waals surface area contributed by atoms with Gasteiger partial charge in [0.15, 0.2) is 0 Å². The summed E-state index contributed by atoms with van der Waals surface area (Å²) >= 11 is 0. The van der Waals surface area contributed by atoms with Gasteiger partial charge in [0.25, 0.3) is 0 Å². The van der Waals surface area contributed by atoms with E-state index in [2.05, 4.69) is 17.6 Å². The Morgan fingerprint density at radius 1 is 1.10 bits per heavy atom. The average Bonchev–Trinajstić information content (AvgIpc) is 2.45. The number of nitrogens with two attached hydrogens (primary N) is 2. The molecule has 0 spiro atoms. The fourth-order valence-corrected chi connectivity index (χ4v) is 1.84. The van der Waals surface area contributed by atoms with Crippen LogP contribution in [0.5, 0.6) is 0 Å². The highest BCUT2D eigenvalue weighted by Crippen LogP contribution is 2.00. The number of aldehydes is 1. The van der Waals surface area contributed by atoms with Gasteiger partial charge in [-0.05, 0) is 45.2 Å². The molecule has 0 aromatic carbocycles. The summed E-state index contributed by atoms with van der Waals surface area (Å²) in [5, 5.41) is 6.05. The standard InChI is InChI=1S/C14H30N4O2/c1-2-17-9-5-4-8-13(16)14(20)18-10-6-3-7-12(15)11-19/h11-13,17H,2-10,15-16H2,1H3,(H,18,20)/t12-,13-/m0/s1. The molecule has 0 aliphatic carbocycles. The van der Waals surface area contributed by atoms with E-state index in [9.17, 15) is 9.59 Å². The van der Waals surface area contributed by atoms with Crippen LogP contribution in [0.3, 0.4) is 0 Å². The first-order valence-electron chi connectivity index (χ1n) is 7.56. The third-order valence-corrected chi connectivity index (χ3v) is 3.14. The van der Waals surface area contributed by atoms with Crippen LogP contribution in [-0.2, 0) is 9.59 Å². The number of carbonyl (C=O) groups excluding carboxylic acids is 2. The normalized spacial score (nSPS) is 13.8. The second kappa shape index (κ2) is 13.0. The molecule has 0 aliphatic rings. The Morgan fingerprint density at radius 2 is 1.75 bits per heavy atom. The third kappa shape index (κ3) is 10.9. The minimum absolute atomic E-state index is 0.0897. The lowest BCUT2D eigenvalue weighted by molar-refractivity contribution is -0.122. The van der Waals surface area contributed by atoms with Gasteiger partial charge in [-0.1, -0.05) is 13.3 Å². The SMILES string of the molecule is CCNCCCC[C@H](N)C(=O)NCCCC[C@H](N)C=O. The molecule has 0 aromatic heterocycles. The van der Waals surface area contributed by atoms with Crippen LogP contribution in [-0.4, -0.2) is 43.9 Å². The van der Waals surface area contributed by atoms with Gasteiger partial charge in [-0.2, -0.15) is 0 Å². The maximum absolute atomic E-state index is 11.7. The van der Waals surface area contributed by atoms with E-state index in [1.165, 1.54) is 0 Å². The predicted octanol–water partition coefficient (Wildman–Crippen LogP) is -0.0938. The van der Waals surface area contributed by atoms with Crippen molar-refractivity contribution in [1.82, 2.24) is 10.6 Å². The molecule has 2 atom stereocenters. The van der Waals surface area contributed by atoms with Crippen LogP contribution in [0.1, 0.15) is 45.4 Å². The Kier molecular flexibility index (Phi) is 12.4. The van der Waals surface area contributed by atoms with Crippen LogP contribution in [0.15, 0.2) is 0 Å². The van der Waals surface area contributed by atoms with Crippen molar-refractivity contribution in [2.75, 3.05) is 19.6 Å². The molecule has 0 bridgehead atoms. The van der Waals surface area contributed by atoms with E-state index in [1.807, 2.05) is 0 Å². The Labute approximate surface area is 122 Å². The fraction of sp³-hybridized carbons (Fsp3) is 0.857. The lowest BCUT2D eigenvalue weighted by Gasteiger charge is -2.12. The summed E-state index contributed by atoms with van der Waals surface area (Å²) in [5.41, 5.74) is 11.3. The van der Waals surface area contributed by atoms with E-state index >= 15 is 0 Å². The fourth-order valence-electron chi connectivity index (χ4n) is 1.84. The van der Waals surface area contributed by atoms with Crippen LogP contribution in [0.25, 0.3) is 0 Å². The van der Waals surface area contributed by atoms with Crippen molar-refractivity contribution in [3.8, 4) is 0 Å². The molecule has 0 rings (SSSR count). The van der Waals surface area contributed by atoms with Crippen molar-refractivity contribution < 1.29 is 9.59 Å². The maximum Gasteiger partial charge on any atom is 0.236 e. The van der Waals surface area contributed by atoms with Gasteiger partial charge < -0.3 is 26.9 Å². The van der Waals surface area contributed by atoms with E-state index in [4.69, 9.17) is 11.5 Å². The molecule has 6 N–H and O–H groups in total. The molecule has 0 unspecified atom stereocenters. The zero-order valence-electron chi connectivity index (χ0n) is 12.6. The van der Waals surface area contributed by atoms with Crippen molar-refractivity contribution in [1.29, 1.82) is 0 Å². The Bertz CT molecular complexity index is 262. The first kappa shape index (κ1) is 19.0. The molecule has 0 aliphatic heterocycles. The summed E-state index contributed by atoms with van der Waals surface area (Å²) < 4.78 is 0. The summed E-state index contributed by atoms with van der Waals surface area (Å²) in [6.07, 6.45) is 5.78. The molecule has 0 heterocycles. The molecule has 1 amide bonds. The minimum Gasteiger partial charge on any atom is -0.355 e. The largest absolute Gasteiger partial charge is 0.355 e. The number of amides is 1. The smallest absolute Gasteiger partial charge is 0.236 e. The van der Waals surface area contributed by atoms with E-state index in [1.54, 1.807) is 0 Å². The number of rotatable bonds is 13. The zero-order valence-corrected chi connectivity index (χ0v) is 12.6. The predicted molar refractivity (Wildman–Crippen MR) is 81.3 cm³/mol. The molecule has 6 heteroatoms. The zero-order chi connectivity index (χ0) is 15.2.